The summed E-state index contributed by atoms with van der Waals surface area (Å²) in [5.41, 5.74) is 3.99. The van der Waals surface area contributed by atoms with Gasteiger partial charge in [-0.3, -0.25) is 24.2 Å². The zero-order chi connectivity index (χ0) is 24.7. The fourth-order valence-electron chi connectivity index (χ4n) is 5.14. The first-order valence-electron chi connectivity index (χ1n) is 11.9. The number of amides is 3. The minimum absolute atomic E-state index is 0.147. The molecule has 0 bridgehead atoms. The third-order valence-corrected chi connectivity index (χ3v) is 7.26. The van der Waals surface area contributed by atoms with Gasteiger partial charge in [0.25, 0.3) is 11.8 Å². The number of imide groups is 1. The molecular weight excluding hydrogens is 448 g/mol. The van der Waals surface area contributed by atoms with E-state index in [0.717, 1.165) is 54.4 Å². The predicted octanol–water partition coefficient (Wildman–Crippen LogP) is 1.81. The van der Waals surface area contributed by atoms with E-state index in [-0.39, 0.29) is 24.1 Å². The molecule has 2 saturated heterocycles. The molecule has 1 unspecified atom stereocenters. The van der Waals surface area contributed by atoms with E-state index >= 15 is 0 Å². The van der Waals surface area contributed by atoms with Gasteiger partial charge in [0.15, 0.2) is 0 Å². The average Bonchev–Trinajstić information content (AvgIpc) is 3.19. The minimum atomic E-state index is -0.919. The van der Waals surface area contributed by atoms with Crippen LogP contribution in [0.15, 0.2) is 42.5 Å². The van der Waals surface area contributed by atoms with Crippen LogP contribution >= 0.6 is 0 Å². The number of likely N-dealkylation sites (tertiary alicyclic amines) is 1. The molecule has 9 heteroatoms. The number of carbonyl (C=O) groups is 4. The zero-order valence-electron chi connectivity index (χ0n) is 19.6. The number of fused-ring (bicyclic) bond motifs is 1. The number of hydrogen-bond donors (Lipinski definition) is 1. The Morgan fingerprint density at radius 1 is 1.00 bits per heavy atom. The fraction of sp³-hybridized carbons (Fsp3) is 0.385. The molecule has 5 rings (SSSR count). The highest BCUT2D eigenvalue weighted by atomic mass is 16.4. The molecule has 2 aromatic rings. The average molecular weight is 477 g/mol. The van der Waals surface area contributed by atoms with Gasteiger partial charge in [0.05, 0.1) is 5.56 Å². The van der Waals surface area contributed by atoms with Crippen LogP contribution in [-0.2, 0) is 22.7 Å². The van der Waals surface area contributed by atoms with Gasteiger partial charge in [-0.15, -0.1) is 0 Å². The Labute approximate surface area is 203 Å². The molecule has 2 aromatic carbocycles. The van der Waals surface area contributed by atoms with E-state index in [4.69, 9.17) is 5.11 Å². The summed E-state index contributed by atoms with van der Waals surface area (Å²) in [4.78, 5) is 55.9. The topological polar surface area (TPSA) is 101 Å². The highest BCUT2D eigenvalue weighted by Crippen LogP contribution is 2.31. The van der Waals surface area contributed by atoms with Crippen molar-refractivity contribution in [2.75, 3.05) is 38.1 Å². The summed E-state index contributed by atoms with van der Waals surface area (Å²) in [5, 5.41) is 9.05. The predicted molar refractivity (Wildman–Crippen MR) is 128 cm³/mol. The molecule has 1 N–H and O–H groups in total. The van der Waals surface area contributed by atoms with Crippen LogP contribution in [0.5, 0.6) is 0 Å². The fourth-order valence-corrected chi connectivity index (χ4v) is 5.14. The number of nitrogens with zero attached hydrogens (tertiary/aromatic N) is 4. The second kappa shape index (κ2) is 9.14. The number of likely N-dealkylation sites (N-methyl/N-ethyl adjacent to an activating group) is 1. The number of carboxylic acid groups (broad SMARTS) is 1. The number of aromatic carboxylic acids is 1. The van der Waals surface area contributed by atoms with Gasteiger partial charge >= 0.3 is 5.97 Å². The van der Waals surface area contributed by atoms with Crippen LogP contribution in [-0.4, -0.2) is 82.8 Å². The molecule has 0 aliphatic carbocycles. The molecular formula is C26H28N4O5. The third kappa shape index (κ3) is 4.39. The van der Waals surface area contributed by atoms with Gasteiger partial charge in [0.1, 0.15) is 6.04 Å². The van der Waals surface area contributed by atoms with E-state index in [1.807, 2.05) is 24.3 Å². The van der Waals surface area contributed by atoms with Crippen LogP contribution in [0.2, 0.25) is 0 Å². The van der Waals surface area contributed by atoms with Gasteiger partial charge in [-0.05, 0) is 47.9 Å². The van der Waals surface area contributed by atoms with Crippen LogP contribution in [0.25, 0.3) is 0 Å². The summed E-state index contributed by atoms with van der Waals surface area (Å²) in [5.74, 6) is -1.58. The minimum Gasteiger partial charge on any atom is -0.478 e. The molecule has 0 saturated carbocycles. The smallest absolute Gasteiger partial charge is 0.335 e. The lowest BCUT2D eigenvalue weighted by molar-refractivity contribution is -0.150. The molecule has 0 spiro atoms. The molecule has 0 aromatic heterocycles. The summed E-state index contributed by atoms with van der Waals surface area (Å²) >= 11 is 0. The number of hydrogen-bond acceptors (Lipinski definition) is 6. The van der Waals surface area contributed by atoms with Crippen LogP contribution in [0.3, 0.4) is 0 Å². The Kier molecular flexibility index (Phi) is 6.02. The molecule has 0 radical (unpaired) electrons. The monoisotopic (exact) mass is 476 g/mol. The molecule has 3 aliphatic rings. The number of carbonyl (C=O) groups excluding carboxylic acids is 3. The first kappa shape index (κ1) is 23.0. The standard InChI is InChI=1S/C26H28N4O5/c1-27-23(31)9-8-22(25(27)33)30-16-19-14-20(6-7-21(19)24(30)32)29-12-10-28(11-13-29)15-17-2-4-18(5-3-17)26(34)35/h2-7,14,22H,8-13,15-16H2,1H3,(H,34,35). The van der Waals surface area contributed by atoms with Crippen LogP contribution < -0.4 is 4.90 Å². The zero-order valence-corrected chi connectivity index (χ0v) is 19.6. The van der Waals surface area contributed by atoms with Gasteiger partial charge in [-0.1, -0.05) is 12.1 Å². The summed E-state index contributed by atoms with van der Waals surface area (Å²) in [6.07, 6.45) is 0.641. The van der Waals surface area contributed by atoms with E-state index in [1.54, 1.807) is 17.0 Å². The van der Waals surface area contributed by atoms with E-state index in [1.165, 1.54) is 7.05 Å². The molecule has 3 amide bonds. The Hall–Kier alpha value is -3.72. The molecule has 35 heavy (non-hydrogen) atoms. The number of carboxylic acids is 1. The first-order chi connectivity index (χ1) is 16.8. The van der Waals surface area contributed by atoms with Gasteiger partial charge in [-0.25, -0.2) is 4.79 Å². The lowest BCUT2D eigenvalue weighted by Gasteiger charge is -2.36. The normalized spacial score (nSPS) is 21.0. The van der Waals surface area contributed by atoms with E-state index in [9.17, 15) is 19.2 Å². The molecule has 1 atom stereocenters. The Bertz CT molecular complexity index is 1190. The molecule has 9 nitrogen and oxygen atoms in total. The van der Waals surface area contributed by atoms with Crippen molar-refractivity contribution in [2.45, 2.75) is 32.0 Å². The summed E-state index contributed by atoms with van der Waals surface area (Å²) in [6, 6.07) is 12.3. The Morgan fingerprint density at radius 3 is 2.40 bits per heavy atom. The number of piperidine rings is 1. The number of benzene rings is 2. The lowest BCUT2D eigenvalue weighted by atomic mass is 10.0. The first-order valence-corrected chi connectivity index (χ1v) is 11.9. The number of rotatable bonds is 5. The van der Waals surface area contributed by atoms with Gasteiger partial charge in [0.2, 0.25) is 5.91 Å². The van der Waals surface area contributed by atoms with Crippen molar-refractivity contribution in [2.24, 2.45) is 0 Å². The summed E-state index contributed by atoms with van der Waals surface area (Å²) < 4.78 is 0. The molecule has 3 heterocycles. The molecule has 2 fully saturated rings. The third-order valence-electron chi connectivity index (χ3n) is 7.26. The van der Waals surface area contributed by atoms with Crippen molar-refractivity contribution in [3.8, 4) is 0 Å². The summed E-state index contributed by atoms with van der Waals surface area (Å²) in [7, 11) is 1.48. The second-order valence-electron chi connectivity index (χ2n) is 9.39. The maximum Gasteiger partial charge on any atom is 0.335 e. The SMILES string of the molecule is CN1C(=O)CCC(N2Cc3cc(N4CCN(Cc5ccc(C(=O)O)cc5)CC4)ccc3C2=O)C1=O. The maximum atomic E-state index is 13.0. The van der Waals surface area contributed by atoms with Crippen LogP contribution in [0.1, 0.15) is 44.7 Å². The van der Waals surface area contributed by atoms with E-state index < -0.39 is 12.0 Å². The van der Waals surface area contributed by atoms with Gasteiger partial charge in [-0.2, -0.15) is 0 Å². The largest absolute Gasteiger partial charge is 0.478 e. The quantitative estimate of drug-likeness (QED) is 0.657. The van der Waals surface area contributed by atoms with Crippen molar-refractivity contribution in [1.29, 1.82) is 0 Å². The van der Waals surface area contributed by atoms with Crippen LogP contribution in [0, 0.1) is 0 Å². The Balaban J connectivity index is 1.21. The van der Waals surface area contributed by atoms with Gasteiger partial charge in [0, 0.05) is 64.0 Å². The van der Waals surface area contributed by atoms with Crippen molar-refractivity contribution < 1.29 is 24.3 Å². The van der Waals surface area contributed by atoms with E-state index in [0.29, 0.717) is 24.1 Å². The number of anilines is 1. The van der Waals surface area contributed by atoms with Crippen molar-refractivity contribution >= 4 is 29.4 Å². The lowest BCUT2D eigenvalue weighted by Crippen LogP contribution is -2.53. The molecule has 3 aliphatic heterocycles. The van der Waals surface area contributed by atoms with Crippen molar-refractivity contribution in [3.05, 3.63) is 64.7 Å². The number of piperazine rings is 1. The van der Waals surface area contributed by atoms with Crippen LogP contribution in [0.4, 0.5) is 5.69 Å². The maximum absolute atomic E-state index is 13.0. The highest BCUT2D eigenvalue weighted by Gasteiger charge is 2.41. The van der Waals surface area contributed by atoms with Crippen molar-refractivity contribution in [3.63, 3.8) is 0 Å². The van der Waals surface area contributed by atoms with E-state index in [2.05, 4.69) is 15.9 Å². The summed E-state index contributed by atoms with van der Waals surface area (Å²) in [6.45, 7) is 4.59. The van der Waals surface area contributed by atoms with Crippen molar-refractivity contribution in [1.82, 2.24) is 14.7 Å². The Morgan fingerprint density at radius 2 is 1.71 bits per heavy atom. The highest BCUT2D eigenvalue weighted by molar-refractivity contribution is 6.05. The molecule has 182 valence electrons. The van der Waals surface area contributed by atoms with Gasteiger partial charge < -0.3 is 14.9 Å². The second-order valence-corrected chi connectivity index (χ2v) is 9.39.